The van der Waals surface area contributed by atoms with E-state index >= 15 is 0 Å². The summed E-state index contributed by atoms with van der Waals surface area (Å²) >= 11 is 1.65. The van der Waals surface area contributed by atoms with Crippen molar-refractivity contribution in [3.8, 4) is 0 Å². The molecule has 6 nitrogen and oxygen atoms in total. The second-order valence-corrected chi connectivity index (χ2v) is 4.94. The Morgan fingerprint density at radius 1 is 1.45 bits per heavy atom. The van der Waals surface area contributed by atoms with Crippen molar-refractivity contribution in [2.24, 2.45) is 5.73 Å². The predicted octanol–water partition coefficient (Wildman–Crippen LogP) is 0.758. The van der Waals surface area contributed by atoms with Crippen LogP contribution < -0.4 is 16.4 Å². The molecule has 1 atom stereocenters. The molecule has 0 unspecified atom stereocenters. The lowest BCUT2D eigenvalue weighted by molar-refractivity contribution is -0.122. The molecule has 8 heteroatoms. The fourth-order valence-electron chi connectivity index (χ4n) is 1.40. The number of rotatable bonds is 7. The highest BCUT2D eigenvalue weighted by molar-refractivity contribution is 7.98. The molecule has 0 spiro atoms. The molecule has 20 heavy (non-hydrogen) atoms. The van der Waals surface area contributed by atoms with E-state index in [1.165, 1.54) is 7.05 Å². The van der Waals surface area contributed by atoms with Gasteiger partial charge >= 0.3 is 0 Å². The molecular weight excluding hydrogens is 302 g/mol. The lowest BCUT2D eigenvalue weighted by atomic mass is 10.2. The van der Waals surface area contributed by atoms with Crippen LogP contribution in [-0.2, 0) is 11.3 Å². The van der Waals surface area contributed by atoms with Crippen LogP contribution in [0.15, 0.2) is 16.5 Å². The summed E-state index contributed by atoms with van der Waals surface area (Å²) in [6.45, 7) is 0.225. The highest BCUT2D eigenvalue weighted by atomic mass is 35.5. The SMILES string of the molecule is CNC(=O)c1ccc(CNC(=O)[C@@H](N)CCSC)o1.Cl. The summed E-state index contributed by atoms with van der Waals surface area (Å²) in [5, 5.41) is 5.14. The van der Waals surface area contributed by atoms with Crippen molar-refractivity contribution in [3.63, 3.8) is 0 Å². The molecule has 0 aliphatic heterocycles. The van der Waals surface area contributed by atoms with E-state index in [1.54, 1.807) is 23.9 Å². The van der Waals surface area contributed by atoms with E-state index in [2.05, 4.69) is 10.6 Å². The number of carbonyl (C=O) groups is 2. The molecule has 0 fully saturated rings. The number of amides is 2. The zero-order chi connectivity index (χ0) is 14.3. The molecule has 1 aromatic rings. The predicted molar refractivity (Wildman–Crippen MR) is 82.2 cm³/mol. The molecule has 0 radical (unpaired) electrons. The molecule has 0 aromatic carbocycles. The largest absolute Gasteiger partial charge is 0.454 e. The van der Waals surface area contributed by atoms with Crippen LogP contribution in [0.2, 0.25) is 0 Å². The van der Waals surface area contributed by atoms with Crippen molar-refractivity contribution in [1.29, 1.82) is 0 Å². The van der Waals surface area contributed by atoms with Crippen LogP contribution in [-0.4, -0.2) is 36.9 Å². The van der Waals surface area contributed by atoms with Crippen LogP contribution >= 0.6 is 24.2 Å². The third-order valence-corrected chi connectivity index (χ3v) is 3.16. The van der Waals surface area contributed by atoms with Gasteiger partial charge in [-0.15, -0.1) is 12.4 Å². The van der Waals surface area contributed by atoms with E-state index in [9.17, 15) is 9.59 Å². The minimum Gasteiger partial charge on any atom is -0.454 e. The van der Waals surface area contributed by atoms with Gasteiger partial charge in [-0.1, -0.05) is 0 Å². The number of hydrogen-bond acceptors (Lipinski definition) is 5. The molecule has 1 heterocycles. The van der Waals surface area contributed by atoms with E-state index in [1.807, 2.05) is 6.26 Å². The number of carbonyl (C=O) groups excluding carboxylic acids is 2. The Kier molecular flexibility index (Phi) is 9.11. The second-order valence-electron chi connectivity index (χ2n) is 3.95. The average Bonchev–Trinajstić information content (AvgIpc) is 2.89. The van der Waals surface area contributed by atoms with Gasteiger partial charge in [-0.2, -0.15) is 11.8 Å². The van der Waals surface area contributed by atoms with Crippen molar-refractivity contribution in [2.75, 3.05) is 19.1 Å². The first-order valence-corrected chi connectivity index (χ1v) is 7.31. The maximum absolute atomic E-state index is 11.7. The van der Waals surface area contributed by atoms with E-state index in [0.29, 0.717) is 12.2 Å². The number of thioether (sulfide) groups is 1. The van der Waals surface area contributed by atoms with Crippen LogP contribution in [0.25, 0.3) is 0 Å². The zero-order valence-electron chi connectivity index (χ0n) is 11.5. The summed E-state index contributed by atoms with van der Waals surface area (Å²) in [6.07, 6.45) is 2.60. The Morgan fingerprint density at radius 3 is 2.75 bits per heavy atom. The fourth-order valence-corrected chi connectivity index (χ4v) is 1.89. The maximum Gasteiger partial charge on any atom is 0.286 e. The van der Waals surface area contributed by atoms with Gasteiger partial charge in [-0.25, -0.2) is 0 Å². The van der Waals surface area contributed by atoms with Gasteiger partial charge in [0.1, 0.15) is 5.76 Å². The zero-order valence-corrected chi connectivity index (χ0v) is 13.1. The number of hydrogen-bond donors (Lipinski definition) is 3. The minimum absolute atomic E-state index is 0. The smallest absolute Gasteiger partial charge is 0.286 e. The van der Waals surface area contributed by atoms with Gasteiger partial charge in [0.15, 0.2) is 5.76 Å². The molecule has 2 amide bonds. The number of furan rings is 1. The van der Waals surface area contributed by atoms with Gasteiger partial charge in [-0.3, -0.25) is 9.59 Å². The average molecular weight is 322 g/mol. The Balaban J connectivity index is 0.00000361. The highest BCUT2D eigenvalue weighted by Crippen LogP contribution is 2.07. The van der Waals surface area contributed by atoms with Crippen LogP contribution in [0.3, 0.4) is 0 Å². The van der Waals surface area contributed by atoms with Crippen LogP contribution in [0.5, 0.6) is 0 Å². The van der Waals surface area contributed by atoms with Crippen molar-refractivity contribution < 1.29 is 14.0 Å². The van der Waals surface area contributed by atoms with E-state index in [0.717, 1.165) is 5.75 Å². The first-order chi connectivity index (χ1) is 9.08. The molecule has 1 rings (SSSR count). The number of halogens is 1. The molecule has 0 aliphatic rings. The summed E-state index contributed by atoms with van der Waals surface area (Å²) in [6, 6.07) is 2.70. The van der Waals surface area contributed by atoms with Gasteiger partial charge in [0, 0.05) is 7.05 Å². The Bertz CT molecular complexity index is 439. The standard InChI is InChI=1S/C12H19N3O3S.ClH/c1-14-12(17)10-4-3-8(18-10)7-15-11(16)9(13)5-6-19-2;/h3-4,9H,5-7,13H2,1-2H3,(H,14,17)(H,15,16);1H/t9-;/m0./s1. The fraction of sp³-hybridized carbons (Fsp3) is 0.500. The van der Waals surface area contributed by atoms with E-state index < -0.39 is 6.04 Å². The number of nitrogens with one attached hydrogen (secondary N) is 2. The minimum atomic E-state index is -0.513. The van der Waals surface area contributed by atoms with Crippen molar-refractivity contribution >= 4 is 36.0 Å². The van der Waals surface area contributed by atoms with Gasteiger partial charge < -0.3 is 20.8 Å². The maximum atomic E-state index is 11.7. The summed E-state index contributed by atoms with van der Waals surface area (Å²) in [5.74, 6) is 1.07. The summed E-state index contributed by atoms with van der Waals surface area (Å²) < 4.78 is 5.28. The van der Waals surface area contributed by atoms with Crippen molar-refractivity contribution in [2.45, 2.75) is 19.0 Å². The lowest BCUT2D eigenvalue weighted by Crippen LogP contribution is -2.40. The molecule has 0 saturated heterocycles. The van der Waals surface area contributed by atoms with Crippen LogP contribution in [0.1, 0.15) is 22.7 Å². The van der Waals surface area contributed by atoms with E-state index in [4.69, 9.17) is 10.2 Å². The first kappa shape index (κ1) is 18.8. The summed E-state index contributed by atoms with van der Waals surface area (Å²) in [5.41, 5.74) is 5.72. The third-order valence-electron chi connectivity index (χ3n) is 2.52. The molecule has 114 valence electrons. The van der Waals surface area contributed by atoms with Gasteiger partial charge in [-0.05, 0) is 30.6 Å². The Hall–Kier alpha value is -1.18. The highest BCUT2D eigenvalue weighted by Gasteiger charge is 2.14. The molecule has 1 aromatic heterocycles. The lowest BCUT2D eigenvalue weighted by Gasteiger charge is -2.10. The Labute approximate surface area is 128 Å². The third kappa shape index (κ3) is 5.85. The second kappa shape index (κ2) is 9.68. The summed E-state index contributed by atoms with van der Waals surface area (Å²) in [4.78, 5) is 22.9. The molecule has 4 N–H and O–H groups in total. The van der Waals surface area contributed by atoms with Crippen molar-refractivity contribution in [1.82, 2.24) is 10.6 Å². The molecule has 0 aliphatic carbocycles. The quantitative estimate of drug-likeness (QED) is 0.689. The van der Waals surface area contributed by atoms with Gasteiger partial charge in [0.05, 0.1) is 12.6 Å². The van der Waals surface area contributed by atoms with Gasteiger partial charge in [0.25, 0.3) is 5.91 Å². The molecule has 0 saturated carbocycles. The van der Waals surface area contributed by atoms with Gasteiger partial charge in [0.2, 0.25) is 5.91 Å². The van der Waals surface area contributed by atoms with Crippen LogP contribution in [0, 0.1) is 0 Å². The normalized spacial score (nSPS) is 11.3. The summed E-state index contributed by atoms with van der Waals surface area (Å²) in [7, 11) is 1.52. The Morgan fingerprint density at radius 2 is 2.15 bits per heavy atom. The molecular formula is C12H20ClN3O3S. The van der Waals surface area contributed by atoms with E-state index in [-0.39, 0.29) is 36.5 Å². The molecule has 0 bridgehead atoms. The van der Waals surface area contributed by atoms with Crippen molar-refractivity contribution in [3.05, 3.63) is 23.7 Å². The van der Waals surface area contributed by atoms with Crippen LogP contribution in [0.4, 0.5) is 0 Å². The first-order valence-electron chi connectivity index (χ1n) is 5.91. The number of nitrogens with two attached hydrogens (primary N) is 1. The topological polar surface area (TPSA) is 97.4 Å². The monoisotopic (exact) mass is 321 g/mol.